The van der Waals surface area contributed by atoms with E-state index in [2.05, 4.69) is 0 Å². The summed E-state index contributed by atoms with van der Waals surface area (Å²) in [4.78, 5) is 16.4. The van der Waals surface area contributed by atoms with Gasteiger partial charge in [-0.25, -0.2) is 0 Å². The molecule has 4 N–H and O–H groups in total. The molecule has 0 amide bonds. The lowest BCUT2D eigenvalue weighted by molar-refractivity contribution is 0.370. The third kappa shape index (κ3) is 6.11. The van der Waals surface area contributed by atoms with Crippen LogP contribution in [0.5, 0.6) is 0 Å². The van der Waals surface area contributed by atoms with Crippen molar-refractivity contribution in [3.05, 3.63) is 0 Å². The molecule has 0 aromatic rings. The summed E-state index contributed by atoms with van der Waals surface area (Å²) in [5, 5.41) is 0. The summed E-state index contributed by atoms with van der Waals surface area (Å²) >= 11 is 0. The predicted molar refractivity (Wildman–Crippen MR) is 30.6 cm³/mol. The van der Waals surface area contributed by atoms with E-state index < -0.39 is 13.6 Å². The van der Waals surface area contributed by atoms with Gasteiger partial charge in [0.15, 0.2) is 0 Å². The van der Waals surface area contributed by atoms with E-state index in [-0.39, 0.29) is 6.16 Å². The summed E-state index contributed by atoms with van der Waals surface area (Å²) in [7, 11) is -3.85. The van der Waals surface area contributed by atoms with Gasteiger partial charge in [-0.05, 0) is 6.92 Å². The second-order valence-corrected chi connectivity index (χ2v) is 3.52. The topological polar surface area (TPSA) is 83.6 Å². The van der Waals surface area contributed by atoms with E-state index >= 15 is 0 Å². The van der Waals surface area contributed by atoms with Crippen LogP contribution in [0.25, 0.3) is 0 Å². The van der Waals surface area contributed by atoms with Gasteiger partial charge in [0.05, 0.1) is 6.16 Å². The molecule has 5 heteroatoms. The van der Waals surface area contributed by atoms with Crippen LogP contribution in [0.3, 0.4) is 0 Å². The van der Waals surface area contributed by atoms with Crippen LogP contribution >= 0.6 is 7.60 Å². The fourth-order valence-corrected chi connectivity index (χ4v) is 1.13. The summed E-state index contributed by atoms with van der Waals surface area (Å²) in [6.07, 6.45) is -0.229. The second kappa shape index (κ2) is 2.60. The Kier molecular flexibility index (Phi) is 2.63. The van der Waals surface area contributed by atoms with Gasteiger partial charge in [0, 0.05) is 6.04 Å². The highest BCUT2D eigenvalue weighted by atomic mass is 31.2. The second-order valence-electron chi connectivity index (χ2n) is 1.82. The monoisotopic (exact) mass is 139 g/mol. The average Bonchev–Trinajstić information content (AvgIpc) is 1.21. The normalized spacial score (nSPS) is 16.0. The highest BCUT2D eigenvalue weighted by molar-refractivity contribution is 7.51. The Morgan fingerprint density at radius 3 is 2.12 bits per heavy atom. The maximum atomic E-state index is 10.1. The highest BCUT2D eigenvalue weighted by Gasteiger charge is 2.14. The van der Waals surface area contributed by atoms with E-state index in [4.69, 9.17) is 15.5 Å². The predicted octanol–water partition coefficient (Wildman–Crippen LogP) is -0.489. The molecule has 0 aliphatic carbocycles. The zero-order chi connectivity index (χ0) is 6.78. The lowest BCUT2D eigenvalue weighted by Gasteiger charge is -2.04. The lowest BCUT2D eigenvalue weighted by Crippen LogP contribution is -2.19. The Balaban J connectivity index is 3.56. The number of nitrogens with two attached hydrogens (primary N) is 1. The molecule has 0 aliphatic rings. The standard InChI is InChI=1S/C3H10NO3P/c1-3(4)2-8(5,6)7/h3H,2,4H2,1H3,(H2,5,6,7)/t3-/m1/s1. The van der Waals surface area contributed by atoms with Crippen molar-refractivity contribution in [2.75, 3.05) is 6.16 Å². The van der Waals surface area contributed by atoms with Crippen molar-refractivity contribution in [2.45, 2.75) is 13.0 Å². The molecule has 50 valence electrons. The zero-order valence-corrected chi connectivity index (χ0v) is 5.51. The molecule has 0 radical (unpaired) electrons. The van der Waals surface area contributed by atoms with Crippen LogP contribution in [0.15, 0.2) is 0 Å². The summed E-state index contributed by atoms with van der Waals surface area (Å²) in [5.74, 6) is 0. The molecule has 0 heterocycles. The quantitative estimate of drug-likeness (QED) is 0.451. The van der Waals surface area contributed by atoms with E-state index in [0.29, 0.717) is 0 Å². The Morgan fingerprint density at radius 2 is 2.12 bits per heavy atom. The Hall–Kier alpha value is 0.110. The SMILES string of the molecule is C[C@@H](N)CP(=O)(O)O. The first kappa shape index (κ1) is 8.11. The van der Waals surface area contributed by atoms with Crippen LogP contribution in [-0.2, 0) is 4.57 Å². The molecule has 0 aromatic heterocycles. The average molecular weight is 139 g/mol. The van der Waals surface area contributed by atoms with E-state index in [9.17, 15) is 4.57 Å². The van der Waals surface area contributed by atoms with Crippen molar-refractivity contribution in [2.24, 2.45) is 5.73 Å². The maximum absolute atomic E-state index is 10.1. The molecule has 0 saturated heterocycles. The molecule has 1 atom stereocenters. The van der Waals surface area contributed by atoms with Crippen molar-refractivity contribution in [1.82, 2.24) is 0 Å². The molecular weight excluding hydrogens is 129 g/mol. The van der Waals surface area contributed by atoms with Gasteiger partial charge in [0.2, 0.25) is 0 Å². The van der Waals surface area contributed by atoms with Crippen LogP contribution in [0.2, 0.25) is 0 Å². The summed E-state index contributed by atoms with van der Waals surface area (Å²) in [5.41, 5.74) is 5.09. The van der Waals surface area contributed by atoms with Gasteiger partial charge in [-0.2, -0.15) is 0 Å². The van der Waals surface area contributed by atoms with Gasteiger partial charge >= 0.3 is 7.60 Å². The molecule has 0 rings (SSSR count). The molecule has 8 heavy (non-hydrogen) atoms. The lowest BCUT2D eigenvalue weighted by atomic mass is 10.4. The molecule has 4 nitrogen and oxygen atoms in total. The first-order valence-corrected chi connectivity index (χ1v) is 4.02. The van der Waals surface area contributed by atoms with Gasteiger partial charge in [-0.1, -0.05) is 0 Å². The van der Waals surface area contributed by atoms with Crippen LogP contribution in [0.4, 0.5) is 0 Å². The molecule has 0 fully saturated rings. The molecule has 0 bridgehead atoms. The zero-order valence-electron chi connectivity index (χ0n) is 4.61. The van der Waals surface area contributed by atoms with Crippen LogP contribution in [0, 0.1) is 0 Å². The van der Waals surface area contributed by atoms with E-state index in [0.717, 1.165) is 0 Å². The first-order chi connectivity index (χ1) is 3.42. The summed E-state index contributed by atoms with van der Waals surface area (Å²) < 4.78 is 10.1. The summed E-state index contributed by atoms with van der Waals surface area (Å²) in [6, 6.07) is -0.421. The maximum Gasteiger partial charge on any atom is 0.327 e. The molecular formula is C3H10NO3P. The number of hydrogen-bond acceptors (Lipinski definition) is 2. The van der Waals surface area contributed by atoms with E-state index in [1.54, 1.807) is 6.92 Å². The van der Waals surface area contributed by atoms with Crippen molar-refractivity contribution in [1.29, 1.82) is 0 Å². The largest absolute Gasteiger partial charge is 0.327 e. The molecule has 0 aromatic carbocycles. The van der Waals surface area contributed by atoms with Gasteiger partial charge in [-0.3, -0.25) is 4.57 Å². The van der Waals surface area contributed by atoms with Gasteiger partial charge in [0.25, 0.3) is 0 Å². The number of hydrogen-bond donors (Lipinski definition) is 3. The molecule has 0 aliphatic heterocycles. The van der Waals surface area contributed by atoms with Crippen molar-refractivity contribution in [3.63, 3.8) is 0 Å². The molecule has 0 spiro atoms. The van der Waals surface area contributed by atoms with E-state index in [1.165, 1.54) is 0 Å². The van der Waals surface area contributed by atoms with E-state index in [1.807, 2.05) is 0 Å². The Bertz CT molecular complexity index is 107. The van der Waals surface area contributed by atoms with Crippen molar-refractivity contribution < 1.29 is 14.4 Å². The minimum absolute atomic E-state index is 0.229. The van der Waals surface area contributed by atoms with Crippen molar-refractivity contribution in [3.8, 4) is 0 Å². The van der Waals surface area contributed by atoms with Crippen LogP contribution in [-0.4, -0.2) is 22.0 Å². The highest BCUT2D eigenvalue weighted by Crippen LogP contribution is 2.34. The fourth-order valence-electron chi connectivity index (χ4n) is 0.375. The Morgan fingerprint density at radius 1 is 1.75 bits per heavy atom. The van der Waals surface area contributed by atoms with Gasteiger partial charge in [0.1, 0.15) is 0 Å². The van der Waals surface area contributed by atoms with Gasteiger partial charge < -0.3 is 15.5 Å². The van der Waals surface area contributed by atoms with Crippen LogP contribution < -0.4 is 5.73 Å². The van der Waals surface area contributed by atoms with Crippen LogP contribution in [0.1, 0.15) is 6.92 Å². The third-order valence-corrected chi connectivity index (χ3v) is 1.58. The van der Waals surface area contributed by atoms with Crippen molar-refractivity contribution >= 4 is 7.60 Å². The minimum Gasteiger partial charge on any atom is -0.327 e. The number of rotatable bonds is 2. The molecule has 0 saturated carbocycles. The smallest absolute Gasteiger partial charge is 0.327 e. The molecule has 0 unspecified atom stereocenters. The Labute approximate surface area is 47.9 Å². The summed E-state index contributed by atoms with van der Waals surface area (Å²) in [6.45, 7) is 1.55. The minimum atomic E-state index is -3.85. The first-order valence-electron chi connectivity index (χ1n) is 2.22. The van der Waals surface area contributed by atoms with Gasteiger partial charge in [-0.15, -0.1) is 0 Å². The fraction of sp³-hybridized carbons (Fsp3) is 1.00. The third-order valence-electron chi connectivity index (χ3n) is 0.526.